The molecule has 0 aromatic heterocycles. The van der Waals surface area contributed by atoms with Crippen molar-refractivity contribution in [2.24, 2.45) is 11.8 Å². The van der Waals surface area contributed by atoms with Crippen molar-refractivity contribution in [2.45, 2.75) is 31.7 Å². The second-order valence-electron chi connectivity index (χ2n) is 6.04. The molecule has 0 aliphatic heterocycles. The van der Waals surface area contributed by atoms with Crippen molar-refractivity contribution >= 4 is 17.8 Å². The number of ether oxygens (including phenoxy) is 2. The Hall–Kier alpha value is -2.57. The van der Waals surface area contributed by atoms with Crippen LogP contribution in [-0.4, -0.2) is 37.2 Å². The molecule has 3 atom stereocenters. The molecule has 2 rings (SSSR count). The second kappa shape index (κ2) is 8.50. The maximum absolute atomic E-state index is 12.7. The van der Waals surface area contributed by atoms with Crippen molar-refractivity contribution in [3.8, 4) is 5.75 Å². The predicted molar refractivity (Wildman–Crippen MR) is 89.0 cm³/mol. The molecule has 1 aliphatic rings. The van der Waals surface area contributed by atoms with Gasteiger partial charge in [0.15, 0.2) is 6.04 Å². The van der Waals surface area contributed by atoms with Crippen molar-refractivity contribution in [3.63, 3.8) is 0 Å². The molecule has 0 bridgehead atoms. The number of hydrogen-bond acceptors (Lipinski definition) is 5. The van der Waals surface area contributed by atoms with E-state index in [1.807, 2.05) is 0 Å². The van der Waals surface area contributed by atoms with Crippen LogP contribution < -0.4 is 10.1 Å². The molecule has 25 heavy (non-hydrogen) atoms. The Bertz CT molecular complexity index is 644. The Kier molecular flexibility index (Phi) is 6.38. The molecule has 0 heterocycles. The molecule has 7 nitrogen and oxygen atoms in total. The Labute approximate surface area is 146 Å². The molecular formula is C18H23NO6. The zero-order valence-electron chi connectivity index (χ0n) is 14.4. The lowest BCUT2D eigenvalue weighted by Crippen LogP contribution is -2.43. The van der Waals surface area contributed by atoms with Crippen LogP contribution in [0, 0.1) is 11.8 Å². The molecule has 2 N–H and O–H groups in total. The van der Waals surface area contributed by atoms with Crippen LogP contribution in [0.2, 0.25) is 0 Å². The summed E-state index contributed by atoms with van der Waals surface area (Å²) in [6, 6.07) is 5.76. The number of rotatable bonds is 6. The first kappa shape index (κ1) is 18.8. The van der Waals surface area contributed by atoms with Crippen molar-refractivity contribution in [1.82, 2.24) is 5.32 Å². The number of amides is 1. The highest BCUT2D eigenvalue weighted by atomic mass is 16.5. The van der Waals surface area contributed by atoms with Crippen LogP contribution >= 0.6 is 0 Å². The summed E-state index contributed by atoms with van der Waals surface area (Å²) in [5.41, 5.74) is 0.466. The van der Waals surface area contributed by atoms with Crippen LogP contribution in [0.3, 0.4) is 0 Å². The molecule has 1 aromatic carbocycles. The summed E-state index contributed by atoms with van der Waals surface area (Å²) in [5.74, 6) is -3.02. The number of aliphatic carboxylic acids is 1. The summed E-state index contributed by atoms with van der Waals surface area (Å²) >= 11 is 0. The molecule has 1 saturated carbocycles. The van der Waals surface area contributed by atoms with Crippen LogP contribution in [0.4, 0.5) is 0 Å². The summed E-state index contributed by atoms with van der Waals surface area (Å²) in [4.78, 5) is 36.3. The van der Waals surface area contributed by atoms with E-state index in [4.69, 9.17) is 9.47 Å². The van der Waals surface area contributed by atoms with Gasteiger partial charge in [-0.3, -0.25) is 9.59 Å². The highest BCUT2D eigenvalue weighted by molar-refractivity contribution is 5.89. The highest BCUT2D eigenvalue weighted by Crippen LogP contribution is 2.32. The van der Waals surface area contributed by atoms with Crippen LogP contribution in [-0.2, 0) is 19.1 Å². The summed E-state index contributed by atoms with van der Waals surface area (Å²) < 4.78 is 10.1. The number of esters is 1. The van der Waals surface area contributed by atoms with Gasteiger partial charge in [0.25, 0.3) is 0 Å². The van der Waals surface area contributed by atoms with Gasteiger partial charge in [0.2, 0.25) is 5.91 Å². The van der Waals surface area contributed by atoms with Gasteiger partial charge in [0, 0.05) is 5.56 Å². The van der Waals surface area contributed by atoms with Crippen molar-refractivity contribution < 1.29 is 29.0 Å². The summed E-state index contributed by atoms with van der Waals surface area (Å²) in [6.45, 7) is 0. The van der Waals surface area contributed by atoms with Gasteiger partial charge in [0.1, 0.15) is 5.75 Å². The maximum Gasteiger partial charge on any atom is 0.333 e. The largest absolute Gasteiger partial charge is 0.496 e. The topological polar surface area (TPSA) is 102 Å². The van der Waals surface area contributed by atoms with Crippen LogP contribution in [0.25, 0.3) is 0 Å². The average Bonchev–Trinajstić information content (AvgIpc) is 2.65. The number of nitrogens with one attached hydrogen (secondary N) is 1. The van der Waals surface area contributed by atoms with E-state index < -0.39 is 35.7 Å². The van der Waals surface area contributed by atoms with E-state index in [-0.39, 0.29) is 0 Å². The van der Waals surface area contributed by atoms with Crippen LogP contribution in [0.5, 0.6) is 5.75 Å². The third-order valence-corrected chi connectivity index (χ3v) is 4.59. The Morgan fingerprint density at radius 2 is 1.76 bits per heavy atom. The average molecular weight is 349 g/mol. The minimum atomic E-state index is -1.05. The van der Waals surface area contributed by atoms with Gasteiger partial charge >= 0.3 is 11.9 Å². The van der Waals surface area contributed by atoms with Gasteiger partial charge in [-0.15, -0.1) is 0 Å². The minimum absolute atomic E-state index is 0.441. The monoisotopic (exact) mass is 349 g/mol. The first-order valence-corrected chi connectivity index (χ1v) is 8.23. The van der Waals surface area contributed by atoms with Gasteiger partial charge in [0.05, 0.1) is 26.1 Å². The Balaban J connectivity index is 2.26. The normalized spacial score (nSPS) is 21.0. The highest BCUT2D eigenvalue weighted by Gasteiger charge is 2.38. The standard InChI is InChI=1S/C18H23NO6/c1-24-14-10-6-5-9-13(14)15(18(23)25-2)19-16(20)11-7-3-4-8-12(11)17(21)22/h5-6,9-12,15H,3-4,7-8H2,1-2H3,(H,19,20)(H,21,22)/t11-,12+,15+/m1/s1. The molecule has 1 fully saturated rings. The lowest BCUT2D eigenvalue weighted by molar-refractivity contribution is -0.150. The van der Waals surface area contributed by atoms with Gasteiger partial charge in [-0.25, -0.2) is 4.79 Å². The SMILES string of the molecule is COC(=O)[C@@H](NC(=O)[C@@H]1CCCC[C@@H]1C(=O)O)c1ccccc1OC. The zero-order chi connectivity index (χ0) is 18.4. The number of methoxy groups -OCH3 is 2. The fourth-order valence-electron chi connectivity index (χ4n) is 3.28. The number of hydrogen-bond donors (Lipinski definition) is 2. The van der Waals surface area contributed by atoms with Gasteiger partial charge in [-0.05, 0) is 18.9 Å². The number of carboxylic acid groups (broad SMARTS) is 1. The first-order valence-electron chi connectivity index (χ1n) is 8.23. The molecule has 0 saturated heterocycles. The van der Waals surface area contributed by atoms with Crippen molar-refractivity contribution in [1.29, 1.82) is 0 Å². The number of benzene rings is 1. The fourth-order valence-corrected chi connectivity index (χ4v) is 3.28. The van der Waals surface area contributed by atoms with Gasteiger partial charge in [-0.2, -0.15) is 0 Å². The van der Waals surface area contributed by atoms with Crippen molar-refractivity contribution in [3.05, 3.63) is 29.8 Å². The molecular weight excluding hydrogens is 326 g/mol. The van der Waals surface area contributed by atoms with E-state index in [0.29, 0.717) is 24.2 Å². The van der Waals surface area contributed by atoms with E-state index in [2.05, 4.69) is 5.32 Å². The molecule has 7 heteroatoms. The van der Waals surface area contributed by atoms with E-state index in [1.165, 1.54) is 14.2 Å². The lowest BCUT2D eigenvalue weighted by Gasteiger charge is -2.29. The van der Waals surface area contributed by atoms with E-state index in [1.54, 1.807) is 24.3 Å². The minimum Gasteiger partial charge on any atom is -0.496 e. The molecule has 1 aliphatic carbocycles. The molecule has 0 radical (unpaired) electrons. The number of carboxylic acids is 1. The third-order valence-electron chi connectivity index (χ3n) is 4.59. The summed E-state index contributed by atoms with van der Waals surface area (Å²) in [7, 11) is 2.70. The smallest absolute Gasteiger partial charge is 0.333 e. The van der Waals surface area contributed by atoms with E-state index >= 15 is 0 Å². The second-order valence-corrected chi connectivity index (χ2v) is 6.04. The van der Waals surface area contributed by atoms with Crippen LogP contribution in [0.15, 0.2) is 24.3 Å². The first-order chi connectivity index (χ1) is 12.0. The molecule has 0 unspecified atom stereocenters. The molecule has 1 amide bonds. The number of carbonyl (C=O) groups excluding carboxylic acids is 2. The van der Waals surface area contributed by atoms with E-state index in [9.17, 15) is 19.5 Å². The molecule has 136 valence electrons. The Morgan fingerprint density at radius 3 is 2.36 bits per heavy atom. The Morgan fingerprint density at radius 1 is 1.12 bits per heavy atom. The summed E-state index contributed by atoms with van der Waals surface area (Å²) in [5, 5.41) is 12.0. The quantitative estimate of drug-likeness (QED) is 0.761. The lowest BCUT2D eigenvalue weighted by atomic mass is 9.78. The van der Waals surface area contributed by atoms with E-state index in [0.717, 1.165) is 12.8 Å². The van der Waals surface area contributed by atoms with Gasteiger partial charge in [-0.1, -0.05) is 31.0 Å². The zero-order valence-corrected chi connectivity index (χ0v) is 14.4. The maximum atomic E-state index is 12.7. The number of carbonyl (C=O) groups is 3. The molecule has 0 spiro atoms. The third kappa shape index (κ3) is 4.29. The van der Waals surface area contributed by atoms with Crippen molar-refractivity contribution in [2.75, 3.05) is 14.2 Å². The predicted octanol–water partition coefficient (Wildman–Crippen LogP) is 1.92. The molecule has 1 aromatic rings. The number of para-hydroxylation sites is 1. The summed E-state index contributed by atoms with van der Waals surface area (Å²) in [6.07, 6.45) is 2.53. The van der Waals surface area contributed by atoms with Crippen LogP contribution in [0.1, 0.15) is 37.3 Å². The fraction of sp³-hybridized carbons (Fsp3) is 0.500. The van der Waals surface area contributed by atoms with Gasteiger partial charge < -0.3 is 19.9 Å².